The van der Waals surface area contributed by atoms with Crippen molar-refractivity contribution in [3.05, 3.63) is 0 Å². The molecule has 0 saturated heterocycles. The Hall–Kier alpha value is 0.784. The minimum Gasteiger partial charge on any atom is -0.412 e. The minimum absolute atomic E-state index is 0. The van der Waals surface area contributed by atoms with Crippen molar-refractivity contribution in [3.63, 3.8) is 0 Å². The van der Waals surface area contributed by atoms with Crippen molar-refractivity contribution in [1.82, 2.24) is 0 Å². The van der Waals surface area contributed by atoms with Crippen LogP contribution in [0, 0.1) is 0 Å². The van der Waals surface area contributed by atoms with E-state index in [2.05, 4.69) is 0 Å². The van der Waals surface area contributed by atoms with Crippen molar-refractivity contribution in [3.8, 4) is 0 Å². The predicted molar refractivity (Wildman–Crippen MR) is 28.9 cm³/mol. The van der Waals surface area contributed by atoms with Gasteiger partial charge in [-0.15, -0.1) is 0 Å². The first kappa shape index (κ1) is 1230. The zero-order valence-corrected chi connectivity index (χ0v) is 7.42. The average Bonchev–Trinajstić information content (AvgIpc) is 0. The number of hydrogen-bond donors (Lipinski definition) is 0. The summed E-state index contributed by atoms with van der Waals surface area (Å²) in [6, 6.07) is 0. The predicted octanol–water partition coefficient (Wildman–Crippen LogP) is -6.60. The summed E-state index contributed by atoms with van der Waals surface area (Å²) in [6.07, 6.45) is 0. The second kappa shape index (κ2) is 866. The fourth-order valence-electron chi connectivity index (χ4n) is 0. The van der Waals surface area contributed by atoms with Gasteiger partial charge >= 0.3 is 32.7 Å². The van der Waals surface area contributed by atoms with Gasteiger partial charge in [0.25, 0.3) is 0 Å². The molecule has 0 aliphatic heterocycles. The summed E-state index contributed by atoms with van der Waals surface area (Å²) in [6.45, 7) is 0. The molecule has 0 fully saturated rings. The van der Waals surface area contributed by atoms with Crippen LogP contribution >= 0.6 is 0 Å². The van der Waals surface area contributed by atoms with Crippen LogP contribution in [0.5, 0.6) is 0 Å². The maximum atomic E-state index is 0. The second-order valence-electron chi connectivity index (χ2n) is 0. The van der Waals surface area contributed by atoms with Crippen LogP contribution in [0.4, 0.5) is 0 Å². The molecule has 8 nitrogen and oxygen atoms in total. The average molecular weight is 233 g/mol. The Morgan fingerprint density at radius 2 is 0.222 bits per heavy atom. The van der Waals surface area contributed by atoms with Crippen LogP contribution in [-0.2, 0) is 32.7 Å². The summed E-state index contributed by atoms with van der Waals surface area (Å²) in [4.78, 5) is 0. The third kappa shape index (κ3) is 658. The van der Waals surface area contributed by atoms with Gasteiger partial charge in [0.2, 0.25) is 0 Å². The minimum atomic E-state index is 0. The molecule has 0 aliphatic rings. The van der Waals surface area contributed by atoms with Gasteiger partial charge in [-0.3, -0.25) is 0 Å². The summed E-state index contributed by atoms with van der Waals surface area (Å²) in [5.74, 6) is 0. The molecular formula is H16O8Y+3. The normalized spacial score (nSPS) is 0. The standard InChI is InChI=1S/8H2O.Y/h8*1H2;/q;;;;;;;;+3. The van der Waals surface area contributed by atoms with Gasteiger partial charge in [-0.2, -0.15) is 0 Å². The van der Waals surface area contributed by atoms with E-state index in [1.165, 1.54) is 0 Å². The smallest absolute Gasteiger partial charge is 0.412 e. The molecule has 0 radical (unpaired) electrons. The molecule has 0 saturated carbocycles. The van der Waals surface area contributed by atoms with Gasteiger partial charge in [0, 0.05) is 0 Å². The summed E-state index contributed by atoms with van der Waals surface area (Å²) >= 11 is 0. The number of rotatable bonds is 0. The molecule has 0 heterocycles. The van der Waals surface area contributed by atoms with Gasteiger partial charge in [0.15, 0.2) is 0 Å². The Bertz CT molecular complexity index is 4.53. The Morgan fingerprint density at radius 1 is 0.222 bits per heavy atom. The number of hydrogen-bond acceptors (Lipinski definition) is 0. The van der Waals surface area contributed by atoms with Gasteiger partial charge in [0.05, 0.1) is 0 Å². The molecule has 0 bridgehead atoms. The van der Waals surface area contributed by atoms with Crippen molar-refractivity contribution in [2.45, 2.75) is 0 Å². The SMILES string of the molecule is O.O.O.O.O.O.O.O.[Y+3]. The molecule has 64 valence electrons. The Labute approximate surface area is 76.6 Å². The molecule has 9 heavy (non-hydrogen) atoms. The van der Waals surface area contributed by atoms with E-state index in [0.29, 0.717) is 0 Å². The molecule has 0 aromatic carbocycles. The molecule has 0 rings (SSSR count). The second-order valence-corrected chi connectivity index (χ2v) is 0. The molecule has 0 aromatic rings. The Balaban J connectivity index is 0. The van der Waals surface area contributed by atoms with Crippen molar-refractivity contribution >= 4 is 0 Å². The van der Waals surface area contributed by atoms with Crippen LogP contribution in [0.25, 0.3) is 0 Å². The molecule has 16 N–H and O–H groups in total. The van der Waals surface area contributed by atoms with E-state index in [1.807, 2.05) is 0 Å². The van der Waals surface area contributed by atoms with Gasteiger partial charge in [-0.1, -0.05) is 0 Å². The van der Waals surface area contributed by atoms with Crippen LogP contribution < -0.4 is 0 Å². The molecule has 0 atom stereocenters. The van der Waals surface area contributed by atoms with Crippen LogP contribution in [0.2, 0.25) is 0 Å². The van der Waals surface area contributed by atoms with Crippen molar-refractivity contribution in [2.24, 2.45) is 0 Å². The van der Waals surface area contributed by atoms with Crippen LogP contribution in [-0.4, -0.2) is 43.8 Å². The van der Waals surface area contributed by atoms with E-state index in [-0.39, 0.29) is 76.5 Å². The van der Waals surface area contributed by atoms with E-state index < -0.39 is 0 Å². The molecule has 0 amide bonds. The first-order valence-electron chi connectivity index (χ1n) is 0. The van der Waals surface area contributed by atoms with E-state index in [1.54, 1.807) is 0 Å². The Morgan fingerprint density at radius 3 is 0.222 bits per heavy atom. The first-order chi connectivity index (χ1) is 0. The maximum Gasteiger partial charge on any atom is 3.00 e. The molecular weight excluding hydrogens is 217 g/mol. The van der Waals surface area contributed by atoms with Gasteiger partial charge in [-0.05, 0) is 0 Å². The zero-order valence-electron chi connectivity index (χ0n) is 4.58. The van der Waals surface area contributed by atoms with Crippen LogP contribution in [0.1, 0.15) is 0 Å². The summed E-state index contributed by atoms with van der Waals surface area (Å²) in [7, 11) is 0. The first-order valence-corrected chi connectivity index (χ1v) is 0. The molecule has 0 aromatic heterocycles. The molecule has 0 aliphatic carbocycles. The zero-order chi connectivity index (χ0) is 0. The summed E-state index contributed by atoms with van der Waals surface area (Å²) in [5.41, 5.74) is 0. The maximum absolute atomic E-state index is 0. The van der Waals surface area contributed by atoms with Crippen LogP contribution in [0.15, 0.2) is 0 Å². The Kier molecular flexibility index (Phi) is 118000. The summed E-state index contributed by atoms with van der Waals surface area (Å²) in [5, 5.41) is 0. The largest absolute Gasteiger partial charge is 3.00 e. The van der Waals surface area contributed by atoms with Crippen molar-refractivity contribution < 1.29 is 76.5 Å². The fraction of sp³-hybridized carbons (Fsp3) is 0. The molecule has 9 heteroatoms. The monoisotopic (exact) mass is 233 g/mol. The van der Waals surface area contributed by atoms with Gasteiger partial charge in [-0.25, -0.2) is 0 Å². The van der Waals surface area contributed by atoms with E-state index in [9.17, 15) is 0 Å². The van der Waals surface area contributed by atoms with E-state index in [4.69, 9.17) is 0 Å². The summed E-state index contributed by atoms with van der Waals surface area (Å²) < 4.78 is 0. The van der Waals surface area contributed by atoms with Crippen LogP contribution in [0.3, 0.4) is 0 Å². The molecule has 0 unspecified atom stereocenters. The van der Waals surface area contributed by atoms with E-state index >= 15 is 0 Å². The van der Waals surface area contributed by atoms with E-state index in [0.717, 1.165) is 0 Å². The van der Waals surface area contributed by atoms with Gasteiger partial charge in [0.1, 0.15) is 0 Å². The van der Waals surface area contributed by atoms with Gasteiger partial charge < -0.3 is 43.8 Å². The molecule has 0 spiro atoms. The topological polar surface area (TPSA) is 252 Å². The van der Waals surface area contributed by atoms with Crippen molar-refractivity contribution in [2.75, 3.05) is 0 Å². The third-order valence-electron chi connectivity index (χ3n) is 0. The third-order valence-corrected chi connectivity index (χ3v) is 0. The fourth-order valence-corrected chi connectivity index (χ4v) is 0. The van der Waals surface area contributed by atoms with Crippen molar-refractivity contribution in [1.29, 1.82) is 0 Å². The quantitative estimate of drug-likeness (QED) is 0.377.